The molecular formula is C18H24O2. The van der Waals surface area contributed by atoms with Gasteiger partial charge in [0.15, 0.2) is 0 Å². The highest BCUT2D eigenvalue weighted by Gasteiger charge is 2.29. The largest absolute Gasteiger partial charge is 0.507 e. The Bertz CT molecular complexity index is 532. The molecule has 0 aliphatic heterocycles. The minimum Gasteiger partial charge on any atom is -0.507 e. The first-order chi connectivity index (χ1) is 9.43. The number of phenols is 2. The Morgan fingerprint density at radius 2 is 1.90 bits per heavy atom. The molecular weight excluding hydrogens is 248 g/mol. The molecule has 0 amide bonds. The van der Waals surface area contributed by atoms with Crippen LogP contribution in [0.5, 0.6) is 11.5 Å². The van der Waals surface area contributed by atoms with Crippen LogP contribution in [0.25, 0.3) is 0 Å². The molecule has 2 N–H and O–H groups in total. The van der Waals surface area contributed by atoms with Gasteiger partial charge in [-0.2, -0.15) is 0 Å². The molecule has 1 unspecified atom stereocenters. The summed E-state index contributed by atoms with van der Waals surface area (Å²) < 4.78 is 0. The number of phenolic OH excluding ortho intramolecular Hbond substituents is 2. The Morgan fingerprint density at radius 3 is 2.40 bits per heavy atom. The minimum absolute atomic E-state index is 0.0205. The SMILES string of the molecule is C=C(C)C1CCC(C)=C[C@H]1c1c(O)cc(CC)cc1O. The second-order valence-electron chi connectivity index (χ2n) is 5.93. The average molecular weight is 272 g/mol. The quantitative estimate of drug-likeness (QED) is 0.785. The van der Waals surface area contributed by atoms with Gasteiger partial charge in [-0.25, -0.2) is 0 Å². The minimum atomic E-state index is 0.0205. The van der Waals surface area contributed by atoms with Gasteiger partial charge in [0.05, 0.1) is 0 Å². The zero-order chi connectivity index (χ0) is 14.9. The van der Waals surface area contributed by atoms with Gasteiger partial charge in [0, 0.05) is 11.5 Å². The van der Waals surface area contributed by atoms with Gasteiger partial charge in [-0.15, -0.1) is 0 Å². The summed E-state index contributed by atoms with van der Waals surface area (Å²) in [7, 11) is 0. The molecule has 20 heavy (non-hydrogen) atoms. The van der Waals surface area contributed by atoms with Crippen LogP contribution in [-0.2, 0) is 6.42 Å². The van der Waals surface area contributed by atoms with E-state index in [1.54, 1.807) is 12.1 Å². The molecule has 0 aromatic heterocycles. The molecule has 1 aromatic carbocycles. The summed E-state index contributed by atoms with van der Waals surface area (Å²) in [6, 6.07) is 3.53. The number of hydrogen-bond donors (Lipinski definition) is 2. The first-order valence-electron chi connectivity index (χ1n) is 7.31. The third kappa shape index (κ3) is 2.74. The maximum Gasteiger partial charge on any atom is 0.123 e. The van der Waals surface area contributed by atoms with Crippen molar-refractivity contribution in [3.63, 3.8) is 0 Å². The van der Waals surface area contributed by atoms with Gasteiger partial charge < -0.3 is 10.2 Å². The average Bonchev–Trinajstić information content (AvgIpc) is 2.37. The van der Waals surface area contributed by atoms with Crippen LogP contribution in [0, 0.1) is 5.92 Å². The Balaban J connectivity index is 2.52. The van der Waals surface area contributed by atoms with Crippen LogP contribution >= 0.6 is 0 Å². The fourth-order valence-corrected chi connectivity index (χ4v) is 3.13. The molecule has 1 aromatic rings. The fourth-order valence-electron chi connectivity index (χ4n) is 3.13. The van der Waals surface area contributed by atoms with Crippen molar-refractivity contribution in [3.8, 4) is 11.5 Å². The van der Waals surface area contributed by atoms with E-state index in [0.29, 0.717) is 5.56 Å². The molecule has 1 aliphatic rings. The van der Waals surface area contributed by atoms with Gasteiger partial charge in [0.1, 0.15) is 11.5 Å². The van der Waals surface area contributed by atoms with Gasteiger partial charge in [-0.1, -0.05) is 30.7 Å². The number of aromatic hydroxyl groups is 2. The Kier molecular flexibility index (Phi) is 4.22. The maximum atomic E-state index is 10.3. The van der Waals surface area contributed by atoms with Crippen LogP contribution in [0.1, 0.15) is 50.7 Å². The molecule has 0 heterocycles. The molecule has 2 heteroatoms. The second-order valence-corrected chi connectivity index (χ2v) is 5.93. The van der Waals surface area contributed by atoms with Crippen LogP contribution in [0.15, 0.2) is 35.9 Å². The van der Waals surface area contributed by atoms with E-state index in [9.17, 15) is 10.2 Å². The van der Waals surface area contributed by atoms with E-state index in [0.717, 1.165) is 30.4 Å². The number of aryl methyl sites for hydroxylation is 1. The number of benzene rings is 1. The molecule has 0 saturated heterocycles. The third-order valence-electron chi connectivity index (χ3n) is 4.32. The fraction of sp³-hybridized carbons (Fsp3) is 0.444. The van der Waals surface area contributed by atoms with Gasteiger partial charge in [-0.3, -0.25) is 0 Å². The standard InChI is InChI=1S/C18H24O2/c1-5-13-9-16(19)18(17(20)10-13)15-8-12(4)6-7-14(15)11(2)3/h8-10,14-15,19-20H,2,5-7H2,1,3-4H3/t14?,15-/m1/s1. The van der Waals surface area contributed by atoms with Crippen molar-refractivity contribution in [2.24, 2.45) is 5.92 Å². The topological polar surface area (TPSA) is 40.5 Å². The first-order valence-corrected chi connectivity index (χ1v) is 7.31. The number of hydrogen-bond acceptors (Lipinski definition) is 2. The van der Waals surface area contributed by atoms with Crippen molar-refractivity contribution in [2.75, 3.05) is 0 Å². The van der Waals surface area contributed by atoms with Crippen LogP contribution in [0.2, 0.25) is 0 Å². The normalized spacial score (nSPS) is 22.4. The van der Waals surface area contributed by atoms with E-state index < -0.39 is 0 Å². The summed E-state index contributed by atoms with van der Waals surface area (Å²) in [5, 5.41) is 20.6. The highest BCUT2D eigenvalue weighted by Crippen LogP contribution is 2.46. The van der Waals surface area contributed by atoms with Gasteiger partial charge in [0.2, 0.25) is 0 Å². The molecule has 0 fully saturated rings. The lowest BCUT2D eigenvalue weighted by molar-refractivity contribution is 0.406. The van der Waals surface area contributed by atoms with Crippen molar-refractivity contribution < 1.29 is 10.2 Å². The highest BCUT2D eigenvalue weighted by atomic mass is 16.3. The highest BCUT2D eigenvalue weighted by molar-refractivity contribution is 5.51. The smallest absolute Gasteiger partial charge is 0.123 e. The van der Waals surface area contributed by atoms with Crippen LogP contribution < -0.4 is 0 Å². The molecule has 1 aliphatic carbocycles. The lowest BCUT2D eigenvalue weighted by Gasteiger charge is -2.31. The summed E-state index contributed by atoms with van der Waals surface area (Å²) in [6.45, 7) is 10.2. The molecule has 2 atom stereocenters. The van der Waals surface area contributed by atoms with E-state index in [4.69, 9.17) is 0 Å². The van der Waals surface area contributed by atoms with Gasteiger partial charge in [0.25, 0.3) is 0 Å². The van der Waals surface area contributed by atoms with Crippen molar-refractivity contribution >= 4 is 0 Å². The number of rotatable bonds is 3. The molecule has 2 rings (SSSR count). The summed E-state index contributed by atoms with van der Waals surface area (Å²) in [5.74, 6) is 0.697. The molecule has 0 spiro atoms. The summed E-state index contributed by atoms with van der Waals surface area (Å²) in [4.78, 5) is 0. The predicted molar refractivity (Wildman–Crippen MR) is 83.2 cm³/mol. The lowest BCUT2D eigenvalue weighted by Crippen LogP contribution is -2.17. The second kappa shape index (κ2) is 5.74. The van der Waals surface area contributed by atoms with Crippen LogP contribution in [0.3, 0.4) is 0 Å². The van der Waals surface area contributed by atoms with Crippen molar-refractivity contribution in [1.29, 1.82) is 0 Å². The lowest BCUT2D eigenvalue weighted by atomic mass is 9.73. The van der Waals surface area contributed by atoms with Crippen molar-refractivity contribution in [3.05, 3.63) is 47.1 Å². The molecule has 2 nitrogen and oxygen atoms in total. The van der Waals surface area contributed by atoms with E-state index in [1.807, 2.05) is 13.8 Å². The predicted octanol–water partition coefficient (Wildman–Crippen LogP) is 4.68. The zero-order valence-electron chi connectivity index (χ0n) is 12.6. The number of allylic oxidation sites excluding steroid dienone is 3. The Morgan fingerprint density at radius 1 is 1.30 bits per heavy atom. The monoisotopic (exact) mass is 272 g/mol. The van der Waals surface area contributed by atoms with Crippen molar-refractivity contribution in [2.45, 2.75) is 46.0 Å². The van der Waals surface area contributed by atoms with E-state index in [2.05, 4.69) is 19.6 Å². The maximum absolute atomic E-state index is 10.3. The first kappa shape index (κ1) is 14.7. The molecule has 0 radical (unpaired) electrons. The zero-order valence-corrected chi connectivity index (χ0v) is 12.6. The van der Waals surface area contributed by atoms with E-state index in [1.165, 1.54) is 5.57 Å². The molecule has 0 saturated carbocycles. The Hall–Kier alpha value is -1.70. The van der Waals surface area contributed by atoms with Crippen LogP contribution in [-0.4, -0.2) is 10.2 Å². The van der Waals surface area contributed by atoms with Gasteiger partial charge >= 0.3 is 0 Å². The summed E-state index contributed by atoms with van der Waals surface area (Å²) in [5.41, 5.74) is 4.02. The summed E-state index contributed by atoms with van der Waals surface area (Å²) in [6.07, 6.45) is 5.05. The summed E-state index contributed by atoms with van der Waals surface area (Å²) >= 11 is 0. The van der Waals surface area contributed by atoms with E-state index >= 15 is 0 Å². The van der Waals surface area contributed by atoms with Crippen molar-refractivity contribution in [1.82, 2.24) is 0 Å². The molecule has 108 valence electrons. The van der Waals surface area contributed by atoms with E-state index in [-0.39, 0.29) is 23.3 Å². The van der Waals surface area contributed by atoms with Crippen LogP contribution in [0.4, 0.5) is 0 Å². The molecule has 0 bridgehead atoms. The third-order valence-corrected chi connectivity index (χ3v) is 4.32. The Labute approximate surface area is 121 Å². The van der Waals surface area contributed by atoms with Gasteiger partial charge in [-0.05, 0) is 56.7 Å².